The van der Waals surface area contributed by atoms with Gasteiger partial charge in [-0.1, -0.05) is 0 Å². The van der Waals surface area contributed by atoms with Gasteiger partial charge >= 0.3 is 0 Å². The molecule has 9 heavy (non-hydrogen) atoms. The van der Waals surface area contributed by atoms with Crippen LogP contribution in [0.15, 0.2) is 0 Å². The Morgan fingerprint density at radius 3 is 1.67 bits per heavy atom. The summed E-state index contributed by atoms with van der Waals surface area (Å²) in [5.41, 5.74) is 0. The molecule has 0 bridgehead atoms. The smallest absolute Gasteiger partial charge is 0.0459 e. The third kappa shape index (κ3) is 1.66. The van der Waals surface area contributed by atoms with Crippen LogP contribution in [0, 0.1) is 11.8 Å². The molecule has 0 aromatic heterocycles. The molecule has 1 saturated carbocycles. The van der Waals surface area contributed by atoms with Crippen molar-refractivity contribution < 1.29 is 10.2 Å². The Kier molecular flexibility index (Phi) is 2.49. The van der Waals surface area contributed by atoms with Crippen molar-refractivity contribution in [2.24, 2.45) is 11.8 Å². The maximum Gasteiger partial charge on any atom is 0.0459 e. The minimum absolute atomic E-state index is 0.302. The number of aliphatic hydroxyl groups is 2. The standard InChI is InChI=1S/C7H14O2/c8-4-6-1-2-7(3-6)5-9/h6-9H,1-5H2. The summed E-state index contributed by atoms with van der Waals surface area (Å²) < 4.78 is 0. The molecule has 1 fully saturated rings. The van der Waals surface area contributed by atoms with Gasteiger partial charge in [-0.05, 0) is 31.1 Å². The van der Waals surface area contributed by atoms with E-state index in [2.05, 4.69) is 0 Å². The normalized spacial score (nSPS) is 35.3. The Balaban J connectivity index is 2.20. The van der Waals surface area contributed by atoms with Crippen LogP contribution in [0.4, 0.5) is 0 Å². The number of hydrogen-bond acceptors (Lipinski definition) is 2. The van der Waals surface area contributed by atoms with Gasteiger partial charge in [0, 0.05) is 13.2 Å². The summed E-state index contributed by atoms with van der Waals surface area (Å²) in [5, 5.41) is 17.4. The fourth-order valence-corrected chi connectivity index (χ4v) is 1.51. The van der Waals surface area contributed by atoms with Crippen molar-refractivity contribution >= 4 is 0 Å². The van der Waals surface area contributed by atoms with E-state index >= 15 is 0 Å². The molecule has 0 amide bonds. The van der Waals surface area contributed by atoms with Gasteiger partial charge in [-0.3, -0.25) is 0 Å². The summed E-state index contributed by atoms with van der Waals surface area (Å²) in [6.45, 7) is 0.604. The first-order valence-electron chi connectivity index (χ1n) is 3.58. The molecule has 0 spiro atoms. The number of rotatable bonds is 2. The average molecular weight is 130 g/mol. The van der Waals surface area contributed by atoms with E-state index in [0.717, 1.165) is 19.3 Å². The van der Waals surface area contributed by atoms with Gasteiger partial charge in [0.15, 0.2) is 0 Å². The van der Waals surface area contributed by atoms with Crippen molar-refractivity contribution in [3.63, 3.8) is 0 Å². The quantitative estimate of drug-likeness (QED) is 0.567. The fraction of sp³-hybridized carbons (Fsp3) is 1.00. The van der Waals surface area contributed by atoms with Gasteiger partial charge in [0.05, 0.1) is 0 Å². The van der Waals surface area contributed by atoms with Crippen LogP contribution in [0.25, 0.3) is 0 Å². The highest BCUT2D eigenvalue weighted by Gasteiger charge is 2.22. The van der Waals surface area contributed by atoms with Crippen LogP contribution in [-0.2, 0) is 0 Å². The first kappa shape index (κ1) is 7.03. The van der Waals surface area contributed by atoms with Crippen molar-refractivity contribution in [3.05, 3.63) is 0 Å². The van der Waals surface area contributed by atoms with Gasteiger partial charge in [-0.15, -0.1) is 0 Å². The Hall–Kier alpha value is -0.0800. The Morgan fingerprint density at radius 1 is 1.00 bits per heavy atom. The highest BCUT2D eigenvalue weighted by Crippen LogP contribution is 2.29. The van der Waals surface area contributed by atoms with E-state index in [-0.39, 0.29) is 0 Å². The second kappa shape index (κ2) is 3.18. The molecule has 0 radical (unpaired) electrons. The maximum absolute atomic E-state index is 8.70. The molecule has 1 aliphatic rings. The summed E-state index contributed by atoms with van der Waals surface area (Å²) in [6.07, 6.45) is 3.22. The zero-order chi connectivity index (χ0) is 6.69. The topological polar surface area (TPSA) is 40.5 Å². The van der Waals surface area contributed by atoms with Crippen LogP contribution in [0.1, 0.15) is 19.3 Å². The molecule has 0 aromatic rings. The summed E-state index contributed by atoms with van der Waals surface area (Å²) in [6, 6.07) is 0. The van der Waals surface area contributed by atoms with Crippen LogP contribution in [-0.4, -0.2) is 23.4 Å². The predicted octanol–water partition coefficient (Wildman–Crippen LogP) is 0.387. The molecule has 2 unspecified atom stereocenters. The van der Waals surface area contributed by atoms with Crippen LogP contribution in [0.3, 0.4) is 0 Å². The Bertz CT molecular complexity index is 73.0. The lowest BCUT2D eigenvalue weighted by Crippen LogP contribution is -2.03. The zero-order valence-electron chi connectivity index (χ0n) is 5.58. The summed E-state index contributed by atoms with van der Waals surface area (Å²) in [4.78, 5) is 0. The van der Waals surface area contributed by atoms with Gasteiger partial charge in [-0.25, -0.2) is 0 Å². The predicted molar refractivity (Wildman–Crippen MR) is 35.0 cm³/mol. The summed E-state index contributed by atoms with van der Waals surface area (Å²) in [5.74, 6) is 0.948. The largest absolute Gasteiger partial charge is 0.396 e. The van der Waals surface area contributed by atoms with Gasteiger partial charge in [0.2, 0.25) is 0 Å². The van der Waals surface area contributed by atoms with Crippen molar-refractivity contribution in [3.8, 4) is 0 Å². The zero-order valence-corrected chi connectivity index (χ0v) is 5.58. The minimum atomic E-state index is 0.302. The van der Waals surface area contributed by atoms with E-state index in [1.807, 2.05) is 0 Å². The lowest BCUT2D eigenvalue weighted by Gasteiger charge is -2.03. The van der Waals surface area contributed by atoms with E-state index in [0.29, 0.717) is 25.0 Å². The average Bonchev–Trinajstić information content (AvgIpc) is 2.34. The van der Waals surface area contributed by atoms with Crippen LogP contribution < -0.4 is 0 Å². The minimum Gasteiger partial charge on any atom is -0.396 e. The molecule has 1 aliphatic carbocycles. The van der Waals surface area contributed by atoms with Crippen LogP contribution in [0.2, 0.25) is 0 Å². The first-order chi connectivity index (χ1) is 4.36. The van der Waals surface area contributed by atoms with Crippen LogP contribution in [0.5, 0.6) is 0 Å². The third-order valence-electron chi connectivity index (χ3n) is 2.17. The van der Waals surface area contributed by atoms with Gasteiger partial charge in [0.25, 0.3) is 0 Å². The van der Waals surface area contributed by atoms with Gasteiger partial charge in [0.1, 0.15) is 0 Å². The molecule has 2 N–H and O–H groups in total. The molecule has 0 heterocycles. The first-order valence-corrected chi connectivity index (χ1v) is 3.58. The second-order valence-electron chi connectivity index (χ2n) is 2.91. The van der Waals surface area contributed by atoms with E-state index in [1.54, 1.807) is 0 Å². The maximum atomic E-state index is 8.70. The highest BCUT2D eigenvalue weighted by atomic mass is 16.3. The summed E-state index contributed by atoms with van der Waals surface area (Å²) >= 11 is 0. The lowest BCUT2D eigenvalue weighted by atomic mass is 10.1. The SMILES string of the molecule is OCC1CCC(CO)C1. The number of hydrogen-bond donors (Lipinski definition) is 2. The highest BCUT2D eigenvalue weighted by molar-refractivity contribution is 4.73. The Morgan fingerprint density at radius 2 is 1.44 bits per heavy atom. The lowest BCUT2D eigenvalue weighted by molar-refractivity contribution is 0.202. The molecular formula is C7H14O2. The molecule has 2 heteroatoms. The molecule has 2 nitrogen and oxygen atoms in total. The van der Waals surface area contributed by atoms with Crippen molar-refractivity contribution in [1.82, 2.24) is 0 Å². The second-order valence-corrected chi connectivity index (χ2v) is 2.91. The summed E-state index contributed by atoms with van der Waals surface area (Å²) in [7, 11) is 0. The molecular weight excluding hydrogens is 116 g/mol. The van der Waals surface area contributed by atoms with Crippen molar-refractivity contribution in [2.45, 2.75) is 19.3 Å². The van der Waals surface area contributed by atoms with Crippen molar-refractivity contribution in [1.29, 1.82) is 0 Å². The fourth-order valence-electron chi connectivity index (χ4n) is 1.51. The molecule has 2 atom stereocenters. The van der Waals surface area contributed by atoms with Gasteiger partial charge in [-0.2, -0.15) is 0 Å². The molecule has 0 aliphatic heterocycles. The monoisotopic (exact) mass is 130 g/mol. The van der Waals surface area contributed by atoms with E-state index in [1.165, 1.54) is 0 Å². The molecule has 1 rings (SSSR count). The molecule has 0 aromatic carbocycles. The third-order valence-corrected chi connectivity index (χ3v) is 2.17. The van der Waals surface area contributed by atoms with E-state index in [4.69, 9.17) is 10.2 Å². The molecule has 0 saturated heterocycles. The van der Waals surface area contributed by atoms with E-state index in [9.17, 15) is 0 Å². The van der Waals surface area contributed by atoms with E-state index < -0.39 is 0 Å². The Labute approximate surface area is 55.5 Å². The number of aliphatic hydroxyl groups excluding tert-OH is 2. The van der Waals surface area contributed by atoms with Gasteiger partial charge < -0.3 is 10.2 Å². The van der Waals surface area contributed by atoms with Crippen molar-refractivity contribution in [2.75, 3.05) is 13.2 Å². The molecule has 54 valence electrons. The van der Waals surface area contributed by atoms with Crippen LogP contribution >= 0.6 is 0 Å².